The van der Waals surface area contributed by atoms with Gasteiger partial charge in [0.05, 0.1) is 11.5 Å². The van der Waals surface area contributed by atoms with E-state index in [9.17, 15) is 14.9 Å². The van der Waals surface area contributed by atoms with E-state index in [-0.39, 0.29) is 18.1 Å². The van der Waals surface area contributed by atoms with Gasteiger partial charge in [-0.2, -0.15) is 5.10 Å². The summed E-state index contributed by atoms with van der Waals surface area (Å²) in [5, 5.41) is 14.8. The number of likely N-dealkylation sites (N-methyl/N-ethyl adjacent to an activating group) is 1. The van der Waals surface area contributed by atoms with Crippen molar-refractivity contribution in [3.63, 3.8) is 0 Å². The first-order chi connectivity index (χ1) is 10.9. The quantitative estimate of drug-likeness (QED) is 0.601. The van der Waals surface area contributed by atoms with Gasteiger partial charge >= 0.3 is 5.69 Å². The molecule has 23 heavy (non-hydrogen) atoms. The first-order valence-corrected chi connectivity index (χ1v) is 7.00. The number of aryl methyl sites for hydroxylation is 1. The lowest BCUT2D eigenvalue weighted by molar-refractivity contribution is -0.385. The Bertz CT molecular complexity index is 696. The van der Waals surface area contributed by atoms with Gasteiger partial charge in [-0.3, -0.25) is 14.9 Å². The Balaban J connectivity index is 2.24. The zero-order chi connectivity index (χ0) is 17.0. The predicted octanol–water partition coefficient (Wildman–Crippen LogP) is 2.16. The number of nitro groups is 1. The normalized spacial score (nSPS) is 11.8. The molecule has 1 aromatic heterocycles. The summed E-state index contributed by atoms with van der Waals surface area (Å²) in [5.74, 6) is 0.458. The number of aromatic nitrogens is 2. The Morgan fingerprint density at radius 2 is 2.09 bits per heavy atom. The third-order valence-electron chi connectivity index (χ3n) is 3.35. The van der Waals surface area contributed by atoms with E-state index < -0.39 is 11.2 Å². The number of nitrogens with zero attached hydrogens (tertiary/aromatic N) is 4. The molecular formula is C15H18N4O4. The third-order valence-corrected chi connectivity index (χ3v) is 3.35. The average Bonchev–Trinajstić information content (AvgIpc) is 2.98. The van der Waals surface area contributed by atoms with Crippen LogP contribution in [0.2, 0.25) is 0 Å². The molecule has 1 unspecified atom stereocenters. The van der Waals surface area contributed by atoms with Gasteiger partial charge in [-0.1, -0.05) is 17.7 Å². The van der Waals surface area contributed by atoms with Crippen molar-refractivity contribution in [3.8, 4) is 5.75 Å². The number of ether oxygens (including phenoxy) is 1. The molecule has 122 valence electrons. The van der Waals surface area contributed by atoms with E-state index in [0.29, 0.717) is 5.75 Å². The van der Waals surface area contributed by atoms with Gasteiger partial charge < -0.3 is 9.64 Å². The highest BCUT2D eigenvalue weighted by Crippen LogP contribution is 2.20. The second-order valence-electron chi connectivity index (χ2n) is 5.22. The van der Waals surface area contributed by atoms with Crippen molar-refractivity contribution >= 4 is 11.6 Å². The minimum atomic E-state index is -0.666. The molecule has 1 aromatic carbocycles. The van der Waals surface area contributed by atoms with Crippen molar-refractivity contribution in [1.82, 2.24) is 14.7 Å². The van der Waals surface area contributed by atoms with E-state index in [0.717, 1.165) is 11.8 Å². The number of carbonyl (C=O) groups is 1. The van der Waals surface area contributed by atoms with Crippen molar-refractivity contribution in [1.29, 1.82) is 0 Å². The van der Waals surface area contributed by atoms with E-state index in [4.69, 9.17) is 4.74 Å². The first kappa shape index (κ1) is 16.5. The predicted molar refractivity (Wildman–Crippen MR) is 83.0 cm³/mol. The Kier molecular flexibility index (Phi) is 4.95. The van der Waals surface area contributed by atoms with Gasteiger partial charge in [0, 0.05) is 14.0 Å². The molecule has 0 aliphatic carbocycles. The first-order valence-electron chi connectivity index (χ1n) is 7.00. The van der Waals surface area contributed by atoms with Crippen LogP contribution in [-0.2, 0) is 4.79 Å². The van der Waals surface area contributed by atoms with Gasteiger partial charge in [0.2, 0.25) is 12.1 Å². The molecule has 0 saturated heterocycles. The van der Waals surface area contributed by atoms with Crippen molar-refractivity contribution in [2.75, 3.05) is 13.6 Å². The molecule has 0 aliphatic heterocycles. The number of amides is 1. The van der Waals surface area contributed by atoms with Crippen LogP contribution in [0.5, 0.6) is 5.75 Å². The summed E-state index contributed by atoms with van der Waals surface area (Å²) < 4.78 is 7.20. The van der Waals surface area contributed by atoms with Crippen molar-refractivity contribution < 1.29 is 14.5 Å². The highest BCUT2D eigenvalue weighted by Gasteiger charge is 2.20. The van der Waals surface area contributed by atoms with Gasteiger partial charge in [0.25, 0.3) is 0 Å². The van der Waals surface area contributed by atoms with E-state index in [1.165, 1.54) is 22.7 Å². The third kappa shape index (κ3) is 4.29. The van der Waals surface area contributed by atoms with E-state index in [1.54, 1.807) is 19.2 Å². The molecule has 1 amide bonds. The van der Waals surface area contributed by atoms with Gasteiger partial charge in [-0.15, -0.1) is 0 Å². The van der Waals surface area contributed by atoms with Gasteiger partial charge in [-0.05, 0) is 19.1 Å². The fraction of sp³-hybridized carbons (Fsp3) is 0.333. The van der Waals surface area contributed by atoms with Crippen LogP contribution < -0.4 is 4.74 Å². The molecule has 2 rings (SSSR count). The van der Waals surface area contributed by atoms with Crippen LogP contribution in [0.3, 0.4) is 0 Å². The van der Waals surface area contributed by atoms with Crippen molar-refractivity contribution in [3.05, 3.63) is 52.3 Å². The van der Waals surface area contributed by atoms with Gasteiger partial charge in [0.15, 0.2) is 0 Å². The summed E-state index contributed by atoms with van der Waals surface area (Å²) in [7, 11) is 1.63. The number of hydrogen-bond donors (Lipinski definition) is 0. The molecule has 0 spiro atoms. The number of benzene rings is 1. The molecule has 0 radical (unpaired) electrons. The van der Waals surface area contributed by atoms with Crippen LogP contribution in [0.25, 0.3) is 0 Å². The molecule has 2 aromatic rings. The van der Waals surface area contributed by atoms with E-state index >= 15 is 0 Å². The molecule has 1 atom stereocenters. The summed E-state index contributed by atoms with van der Waals surface area (Å²) in [6.45, 7) is 3.61. The molecule has 0 bridgehead atoms. The molecule has 0 saturated carbocycles. The smallest absolute Gasteiger partial charge is 0.307 e. The maximum atomic E-state index is 11.5. The second-order valence-corrected chi connectivity index (χ2v) is 5.22. The molecule has 0 N–H and O–H groups in total. The van der Waals surface area contributed by atoms with E-state index in [1.807, 2.05) is 19.1 Å². The summed E-state index contributed by atoms with van der Waals surface area (Å²) in [4.78, 5) is 23.2. The molecule has 1 heterocycles. The summed E-state index contributed by atoms with van der Waals surface area (Å²) >= 11 is 0. The fourth-order valence-corrected chi connectivity index (χ4v) is 1.89. The van der Waals surface area contributed by atoms with Crippen LogP contribution in [0.4, 0.5) is 5.69 Å². The summed E-state index contributed by atoms with van der Waals surface area (Å²) in [6, 6.07) is 7.39. The van der Waals surface area contributed by atoms with E-state index in [2.05, 4.69) is 5.10 Å². The summed E-state index contributed by atoms with van der Waals surface area (Å²) in [6.07, 6.45) is 1.77. The Hall–Kier alpha value is -2.90. The topological polar surface area (TPSA) is 90.5 Å². The zero-order valence-corrected chi connectivity index (χ0v) is 13.2. The maximum absolute atomic E-state index is 11.5. The fourth-order valence-electron chi connectivity index (χ4n) is 1.89. The minimum Gasteiger partial charge on any atom is -0.467 e. The monoisotopic (exact) mass is 318 g/mol. The standard InChI is InChI=1S/C15H18N4O4/c1-11-4-6-14(7-5-11)23-15(10-17(3)12(2)20)18-9-13(8-16-18)19(21)22/h4-9,15H,10H2,1-3H3. The lowest BCUT2D eigenvalue weighted by Crippen LogP contribution is -2.34. The Morgan fingerprint density at radius 1 is 1.43 bits per heavy atom. The Morgan fingerprint density at radius 3 is 2.61 bits per heavy atom. The molecule has 8 heteroatoms. The van der Waals surface area contributed by atoms with Crippen LogP contribution in [0, 0.1) is 17.0 Å². The molecular weight excluding hydrogens is 300 g/mol. The zero-order valence-electron chi connectivity index (χ0n) is 13.2. The van der Waals surface area contributed by atoms with Crippen LogP contribution >= 0.6 is 0 Å². The lowest BCUT2D eigenvalue weighted by Gasteiger charge is -2.24. The highest BCUT2D eigenvalue weighted by molar-refractivity contribution is 5.72. The van der Waals surface area contributed by atoms with Crippen LogP contribution in [0.1, 0.15) is 18.7 Å². The molecule has 8 nitrogen and oxygen atoms in total. The molecule has 0 fully saturated rings. The second kappa shape index (κ2) is 6.91. The van der Waals surface area contributed by atoms with Crippen molar-refractivity contribution in [2.24, 2.45) is 0 Å². The average molecular weight is 318 g/mol. The summed E-state index contributed by atoms with van der Waals surface area (Å²) in [5.41, 5.74) is 0.956. The SMILES string of the molecule is CC(=O)N(C)CC(Oc1ccc(C)cc1)n1cc([N+](=O)[O-])cn1. The largest absolute Gasteiger partial charge is 0.467 e. The maximum Gasteiger partial charge on any atom is 0.307 e. The lowest BCUT2D eigenvalue weighted by atomic mass is 10.2. The van der Waals surface area contributed by atoms with Gasteiger partial charge in [0.1, 0.15) is 18.1 Å². The highest BCUT2D eigenvalue weighted by atomic mass is 16.6. The number of hydrogen-bond acceptors (Lipinski definition) is 5. The van der Waals surface area contributed by atoms with Crippen LogP contribution in [-0.4, -0.2) is 39.1 Å². The minimum absolute atomic E-state index is 0.131. The van der Waals surface area contributed by atoms with Gasteiger partial charge in [-0.25, -0.2) is 4.68 Å². The molecule has 0 aliphatic rings. The number of rotatable bonds is 6. The number of carbonyl (C=O) groups excluding carboxylic acids is 1. The van der Waals surface area contributed by atoms with Crippen molar-refractivity contribution in [2.45, 2.75) is 20.1 Å². The van der Waals surface area contributed by atoms with Crippen LogP contribution in [0.15, 0.2) is 36.7 Å². The Labute approximate surface area is 133 Å².